The van der Waals surface area contributed by atoms with E-state index >= 15 is 0 Å². The summed E-state index contributed by atoms with van der Waals surface area (Å²) in [5, 5.41) is 19.7. The monoisotopic (exact) mass is 206 g/mol. The van der Waals surface area contributed by atoms with Crippen LogP contribution in [0.15, 0.2) is 18.2 Å². The fourth-order valence-corrected chi connectivity index (χ4v) is 1.01. The van der Waals surface area contributed by atoms with Crippen LogP contribution in [0.25, 0.3) is 0 Å². The maximum Gasteiger partial charge on any atom is 0.288 e. The van der Waals surface area contributed by atoms with Crippen LogP contribution in [-0.2, 0) is 0 Å². The zero-order valence-corrected chi connectivity index (χ0v) is 7.93. The molecule has 15 heavy (non-hydrogen) atoms. The number of hydrogen-bond acceptors (Lipinski definition) is 4. The first-order valence-corrected chi connectivity index (χ1v) is 4.31. The fraction of sp³-hybridized carbons (Fsp3) is 0.200. The Morgan fingerprint density at radius 3 is 2.87 bits per heavy atom. The predicted octanol–water partition coefficient (Wildman–Crippen LogP) is 1.00. The van der Waals surface area contributed by atoms with Gasteiger partial charge in [-0.1, -0.05) is 11.8 Å². The van der Waals surface area contributed by atoms with Gasteiger partial charge in [0.05, 0.1) is 11.0 Å². The van der Waals surface area contributed by atoms with Gasteiger partial charge in [0.25, 0.3) is 5.69 Å². The number of hydrogen-bond donors (Lipinski definition) is 2. The van der Waals surface area contributed by atoms with Crippen molar-refractivity contribution in [1.82, 2.24) is 0 Å². The van der Waals surface area contributed by atoms with E-state index in [0.29, 0.717) is 13.0 Å². The minimum atomic E-state index is -0.577. The molecule has 0 radical (unpaired) electrons. The lowest BCUT2D eigenvalue weighted by Crippen LogP contribution is -1.96. The lowest BCUT2D eigenvalue weighted by molar-refractivity contribution is -0.385. The van der Waals surface area contributed by atoms with Crippen LogP contribution in [-0.4, -0.2) is 16.6 Å². The number of phenols is 1. The van der Waals surface area contributed by atoms with Gasteiger partial charge in [-0.3, -0.25) is 10.1 Å². The summed E-state index contributed by atoms with van der Waals surface area (Å²) in [6.45, 7) is 0.416. The highest BCUT2D eigenvalue weighted by atomic mass is 16.6. The Labute approximate surface area is 86.7 Å². The third kappa shape index (κ3) is 2.97. The third-order valence-corrected chi connectivity index (χ3v) is 1.67. The van der Waals surface area contributed by atoms with Crippen LogP contribution in [0, 0.1) is 22.0 Å². The lowest BCUT2D eigenvalue weighted by Gasteiger charge is -1.96. The molecule has 0 aliphatic rings. The Bertz CT molecular complexity index is 432. The van der Waals surface area contributed by atoms with Crippen molar-refractivity contribution in [3.8, 4) is 17.6 Å². The SMILES string of the molecule is NCCC#Cc1ccc(O)cc1[N+](=O)[O-]. The van der Waals surface area contributed by atoms with Gasteiger partial charge in [0.1, 0.15) is 11.3 Å². The Hall–Kier alpha value is -2.06. The van der Waals surface area contributed by atoms with Gasteiger partial charge in [0.15, 0.2) is 0 Å². The molecule has 1 aromatic rings. The number of nitro benzene ring substituents is 1. The molecule has 78 valence electrons. The van der Waals surface area contributed by atoms with Crippen molar-refractivity contribution in [3.63, 3.8) is 0 Å². The molecular weight excluding hydrogens is 196 g/mol. The molecule has 5 nitrogen and oxygen atoms in total. The number of benzene rings is 1. The molecule has 0 saturated heterocycles. The maximum absolute atomic E-state index is 10.6. The first kappa shape index (κ1) is 11.0. The zero-order valence-electron chi connectivity index (χ0n) is 7.93. The number of nitrogens with two attached hydrogens (primary N) is 1. The highest BCUT2D eigenvalue weighted by Gasteiger charge is 2.12. The Morgan fingerprint density at radius 1 is 1.53 bits per heavy atom. The van der Waals surface area contributed by atoms with Crippen molar-refractivity contribution in [2.45, 2.75) is 6.42 Å². The second-order valence-electron chi connectivity index (χ2n) is 2.80. The average Bonchev–Trinajstić information content (AvgIpc) is 2.20. The Kier molecular flexibility index (Phi) is 3.66. The maximum atomic E-state index is 10.6. The van der Waals surface area contributed by atoms with E-state index in [1.165, 1.54) is 12.1 Å². The summed E-state index contributed by atoms with van der Waals surface area (Å²) in [7, 11) is 0. The van der Waals surface area contributed by atoms with E-state index in [2.05, 4.69) is 11.8 Å². The second-order valence-corrected chi connectivity index (χ2v) is 2.80. The molecule has 0 fully saturated rings. The van der Waals surface area contributed by atoms with E-state index in [4.69, 9.17) is 10.8 Å². The summed E-state index contributed by atoms with van der Waals surface area (Å²) < 4.78 is 0. The van der Waals surface area contributed by atoms with Gasteiger partial charge in [-0.15, -0.1) is 0 Å². The molecule has 0 atom stereocenters. The highest BCUT2D eigenvalue weighted by Crippen LogP contribution is 2.22. The Balaban J connectivity index is 3.08. The van der Waals surface area contributed by atoms with E-state index < -0.39 is 4.92 Å². The summed E-state index contributed by atoms with van der Waals surface area (Å²) in [4.78, 5) is 10.0. The molecule has 0 heterocycles. The standard InChI is InChI=1S/C10H10N2O3/c11-6-2-1-3-8-4-5-9(13)7-10(8)12(14)15/h4-5,7,13H,2,6,11H2. The Morgan fingerprint density at radius 2 is 2.27 bits per heavy atom. The van der Waals surface area contributed by atoms with Crippen molar-refractivity contribution in [2.75, 3.05) is 6.54 Å². The summed E-state index contributed by atoms with van der Waals surface area (Å²) >= 11 is 0. The minimum absolute atomic E-state index is 0.147. The molecule has 0 saturated carbocycles. The predicted molar refractivity (Wildman–Crippen MR) is 55.3 cm³/mol. The van der Waals surface area contributed by atoms with Crippen molar-refractivity contribution < 1.29 is 10.0 Å². The molecule has 0 bridgehead atoms. The second kappa shape index (κ2) is 4.98. The molecular formula is C10H10N2O3. The molecule has 0 unspecified atom stereocenters. The van der Waals surface area contributed by atoms with Gasteiger partial charge < -0.3 is 10.8 Å². The van der Waals surface area contributed by atoms with E-state index in [-0.39, 0.29) is 17.0 Å². The quantitative estimate of drug-likeness (QED) is 0.429. The fourth-order valence-electron chi connectivity index (χ4n) is 1.01. The van der Waals surface area contributed by atoms with Crippen LogP contribution >= 0.6 is 0 Å². The van der Waals surface area contributed by atoms with Crippen LogP contribution in [0.3, 0.4) is 0 Å². The molecule has 0 aliphatic carbocycles. The zero-order chi connectivity index (χ0) is 11.3. The smallest absolute Gasteiger partial charge is 0.288 e. The van der Waals surface area contributed by atoms with Crippen molar-refractivity contribution in [3.05, 3.63) is 33.9 Å². The summed E-state index contributed by atoms with van der Waals surface area (Å²) in [6, 6.07) is 3.85. The average molecular weight is 206 g/mol. The summed E-state index contributed by atoms with van der Waals surface area (Å²) in [6.07, 6.45) is 0.484. The van der Waals surface area contributed by atoms with E-state index in [0.717, 1.165) is 6.07 Å². The van der Waals surface area contributed by atoms with Crippen molar-refractivity contribution in [2.24, 2.45) is 5.73 Å². The van der Waals surface area contributed by atoms with Crippen LogP contribution in [0.1, 0.15) is 12.0 Å². The topological polar surface area (TPSA) is 89.4 Å². The number of phenolic OH excluding ortho intramolecular Hbond substituents is 1. The van der Waals surface area contributed by atoms with Crippen molar-refractivity contribution in [1.29, 1.82) is 0 Å². The van der Waals surface area contributed by atoms with Crippen LogP contribution in [0.5, 0.6) is 5.75 Å². The molecule has 1 aromatic carbocycles. The highest BCUT2D eigenvalue weighted by molar-refractivity contribution is 5.54. The van der Waals surface area contributed by atoms with Gasteiger partial charge >= 0.3 is 0 Å². The number of aromatic hydroxyl groups is 1. The third-order valence-electron chi connectivity index (χ3n) is 1.67. The molecule has 5 heteroatoms. The first-order valence-electron chi connectivity index (χ1n) is 4.31. The number of rotatable bonds is 2. The van der Waals surface area contributed by atoms with Gasteiger partial charge in [-0.2, -0.15) is 0 Å². The van der Waals surface area contributed by atoms with Gasteiger partial charge in [0, 0.05) is 13.0 Å². The van der Waals surface area contributed by atoms with Crippen LogP contribution < -0.4 is 5.73 Å². The minimum Gasteiger partial charge on any atom is -0.508 e. The number of nitro groups is 1. The van der Waals surface area contributed by atoms with E-state index in [1.807, 2.05) is 0 Å². The molecule has 1 rings (SSSR count). The summed E-state index contributed by atoms with van der Waals surface area (Å²) in [5.41, 5.74) is 5.33. The normalized spacial score (nSPS) is 9.13. The van der Waals surface area contributed by atoms with Gasteiger partial charge in [-0.25, -0.2) is 0 Å². The van der Waals surface area contributed by atoms with Crippen LogP contribution in [0.2, 0.25) is 0 Å². The largest absolute Gasteiger partial charge is 0.508 e. The molecule has 0 aliphatic heterocycles. The molecule has 0 spiro atoms. The van der Waals surface area contributed by atoms with Gasteiger partial charge in [-0.05, 0) is 12.1 Å². The lowest BCUT2D eigenvalue weighted by atomic mass is 10.1. The van der Waals surface area contributed by atoms with Gasteiger partial charge in [0.2, 0.25) is 0 Å². The molecule has 3 N–H and O–H groups in total. The van der Waals surface area contributed by atoms with E-state index in [1.54, 1.807) is 0 Å². The van der Waals surface area contributed by atoms with E-state index in [9.17, 15) is 10.1 Å². The molecule has 0 amide bonds. The summed E-state index contributed by atoms with van der Waals surface area (Å²) in [5.74, 6) is 5.20. The molecule has 0 aromatic heterocycles. The first-order chi connectivity index (χ1) is 7.15. The number of nitrogens with zero attached hydrogens (tertiary/aromatic N) is 1. The van der Waals surface area contributed by atoms with Crippen LogP contribution in [0.4, 0.5) is 5.69 Å². The van der Waals surface area contributed by atoms with Crippen molar-refractivity contribution >= 4 is 5.69 Å².